The standard InChI is InChI=1S/C11H11NO5S2/c1-19(15,16)17-4-2-8-7-11-9(3-5-18-11)6-10(8)12(13)14/h3,5-7H,2,4H2,1H3. The largest absolute Gasteiger partial charge is 0.273 e. The van der Waals surface area contributed by atoms with Gasteiger partial charge in [-0.2, -0.15) is 8.42 Å². The second kappa shape index (κ2) is 5.24. The molecule has 0 saturated heterocycles. The van der Waals surface area contributed by atoms with Crippen LogP contribution < -0.4 is 0 Å². The van der Waals surface area contributed by atoms with Crippen LogP contribution in [0.3, 0.4) is 0 Å². The summed E-state index contributed by atoms with van der Waals surface area (Å²) in [6, 6.07) is 5.02. The highest BCUT2D eigenvalue weighted by Gasteiger charge is 2.16. The summed E-state index contributed by atoms with van der Waals surface area (Å²) in [5.41, 5.74) is 0.464. The number of nitro groups is 1. The van der Waals surface area contributed by atoms with E-state index in [1.807, 2.05) is 11.4 Å². The Labute approximate surface area is 113 Å². The normalized spacial score (nSPS) is 11.8. The third-order valence-electron chi connectivity index (χ3n) is 2.52. The van der Waals surface area contributed by atoms with Gasteiger partial charge in [-0.3, -0.25) is 14.3 Å². The van der Waals surface area contributed by atoms with Gasteiger partial charge in [-0.15, -0.1) is 11.3 Å². The molecular weight excluding hydrogens is 290 g/mol. The number of rotatable bonds is 5. The van der Waals surface area contributed by atoms with Gasteiger partial charge in [-0.05, 0) is 22.9 Å². The van der Waals surface area contributed by atoms with E-state index in [0.717, 1.165) is 16.3 Å². The van der Waals surface area contributed by atoms with Gasteiger partial charge in [-0.25, -0.2) is 0 Å². The Morgan fingerprint density at radius 1 is 1.42 bits per heavy atom. The van der Waals surface area contributed by atoms with Gasteiger partial charge < -0.3 is 0 Å². The van der Waals surface area contributed by atoms with E-state index in [9.17, 15) is 18.5 Å². The molecular formula is C11H11NO5S2. The van der Waals surface area contributed by atoms with Crippen molar-refractivity contribution < 1.29 is 17.5 Å². The van der Waals surface area contributed by atoms with Crippen LogP contribution in [0.15, 0.2) is 23.6 Å². The number of thiophene rings is 1. The zero-order chi connectivity index (χ0) is 14.0. The zero-order valence-electron chi connectivity index (χ0n) is 10.0. The minimum atomic E-state index is -3.53. The first-order chi connectivity index (χ1) is 8.87. The lowest BCUT2D eigenvalue weighted by Gasteiger charge is -2.04. The van der Waals surface area contributed by atoms with Gasteiger partial charge >= 0.3 is 0 Å². The minimum Gasteiger partial charge on any atom is -0.270 e. The maximum absolute atomic E-state index is 11.0. The summed E-state index contributed by atoms with van der Waals surface area (Å²) in [7, 11) is -3.53. The van der Waals surface area contributed by atoms with E-state index in [-0.39, 0.29) is 18.7 Å². The monoisotopic (exact) mass is 301 g/mol. The number of nitrogens with zero attached hydrogens (tertiary/aromatic N) is 1. The lowest BCUT2D eigenvalue weighted by atomic mass is 10.1. The molecule has 2 aromatic rings. The molecule has 0 N–H and O–H groups in total. The number of fused-ring (bicyclic) bond motifs is 1. The van der Waals surface area contributed by atoms with E-state index in [0.29, 0.717) is 5.56 Å². The molecule has 0 radical (unpaired) electrons. The summed E-state index contributed by atoms with van der Waals surface area (Å²) in [4.78, 5) is 10.5. The van der Waals surface area contributed by atoms with Crippen LogP contribution in [0.2, 0.25) is 0 Å². The van der Waals surface area contributed by atoms with E-state index in [1.165, 1.54) is 17.4 Å². The van der Waals surface area contributed by atoms with E-state index >= 15 is 0 Å². The first kappa shape index (κ1) is 13.9. The van der Waals surface area contributed by atoms with Gasteiger partial charge in [0.1, 0.15) is 0 Å². The molecule has 1 aromatic heterocycles. The van der Waals surface area contributed by atoms with Crippen molar-refractivity contribution in [2.45, 2.75) is 6.42 Å². The second-order valence-corrected chi connectivity index (χ2v) is 6.56. The minimum absolute atomic E-state index is 0.0111. The first-order valence-corrected chi connectivity index (χ1v) is 8.05. The number of benzene rings is 1. The fraction of sp³-hybridized carbons (Fsp3) is 0.273. The SMILES string of the molecule is CS(=O)(=O)OCCc1cc2sccc2cc1[N+](=O)[O-]. The van der Waals surface area contributed by atoms with Crippen molar-refractivity contribution in [3.05, 3.63) is 39.3 Å². The van der Waals surface area contributed by atoms with Crippen LogP contribution in [0.25, 0.3) is 10.1 Å². The fourth-order valence-electron chi connectivity index (χ4n) is 1.71. The molecule has 102 valence electrons. The van der Waals surface area contributed by atoms with Crippen LogP contribution in [-0.4, -0.2) is 26.2 Å². The maximum atomic E-state index is 11.0. The highest BCUT2D eigenvalue weighted by Crippen LogP contribution is 2.29. The fourth-order valence-corrected chi connectivity index (χ4v) is 2.93. The Morgan fingerprint density at radius 2 is 2.16 bits per heavy atom. The smallest absolute Gasteiger partial charge is 0.270 e. The van der Waals surface area contributed by atoms with Gasteiger partial charge in [0.25, 0.3) is 15.8 Å². The Kier molecular flexibility index (Phi) is 3.83. The summed E-state index contributed by atoms with van der Waals surface area (Å²) in [5, 5.41) is 13.7. The van der Waals surface area contributed by atoms with Crippen molar-refractivity contribution in [2.75, 3.05) is 12.9 Å². The lowest BCUT2D eigenvalue weighted by molar-refractivity contribution is -0.385. The van der Waals surface area contributed by atoms with Crippen LogP contribution in [0.5, 0.6) is 0 Å². The van der Waals surface area contributed by atoms with Crippen LogP contribution >= 0.6 is 11.3 Å². The average molecular weight is 301 g/mol. The van der Waals surface area contributed by atoms with Crippen LogP contribution in [0.1, 0.15) is 5.56 Å². The molecule has 8 heteroatoms. The van der Waals surface area contributed by atoms with Crippen molar-refractivity contribution >= 4 is 37.2 Å². The molecule has 0 aliphatic carbocycles. The van der Waals surface area contributed by atoms with Gasteiger partial charge in [0.2, 0.25) is 0 Å². The quantitative estimate of drug-likeness (QED) is 0.480. The summed E-state index contributed by atoms with van der Waals surface area (Å²) < 4.78 is 27.3. The molecule has 2 rings (SSSR count). The summed E-state index contributed by atoms with van der Waals surface area (Å²) in [6.45, 7) is -0.101. The highest BCUT2D eigenvalue weighted by atomic mass is 32.2. The molecule has 0 atom stereocenters. The second-order valence-electron chi connectivity index (χ2n) is 3.97. The molecule has 0 aliphatic heterocycles. The molecule has 1 aromatic carbocycles. The molecule has 0 amide bonds. The average Bonchev–Trinajstić information content (AvgIpc) is 2.72. The third-order valence-corrected chi connectivity index (χ3v) is 3.99. The molecule has 0 spiro atoms. The number of hydrogen-bond donors (Lipinski definition) is 0. The molecule has 19 heavy (non-hydrogen) atoms. The van der Waals surface area contributed by atoms with Crippen molar-refractivity contribution in [1.29, 1.82) is 0 Å². The third kappa shape index (κ3) is 3.49. The summed E-state index contributed by atoms with van der Waals surface area (Å²) >= 11 is 1.48. The lowest BCUT2D eigenvalue weighted by Crippen LogP contribution is -2.07. The Bertz CT molecular complexity index is 720. The van der Waals surface area contributed by atoms with Gasteiger partial charge in [-0.1, -0.05) is 0 Å². The van der Waals surface area contributed by atoms with Crippen molar-refractivity contribution in [2.24, 2.45) is 0 Å². The molecule has 0 saturated carbocycles. The predicted molar refractivity (Wildman–Crippen MR) is 73.0 cm³/mol. The van der Waals surface area contributed by atoms with Gasteiger partial charge in [0.05, 0.1) is 17.8 Å². The van der Waals surface area contributed by atoms with E-state index < -0.39 is 15.0 Å². The molecule has 0 aliphatic rings. The topological polar surface area (TPSA) is 86.5 Å². The Morgan fingerprint density at radius 3 is 2.79 bits per heavy atom. The van der Waals surface area contributed by atoms with E-state index in [2.05, 4.69) is 4.18 Å². The van der Waals surface area contributed by atoms with Crippen LogP contribution in [0.4, 0.5) is 5.69 Å². The molecule has 1 heterocycles. The predicted octanol–water partition coefficient (Wildman–Crippen LogP) is 2.33. The van der Waals surface area contributed by atoms with Crippen LogP contribution in [0, 0.1) is 10.1 Å². The van der Waals surface area contributed by atoms with Crippen molar-refractivity contribution in [3.8, 4) is 0 Å². The Balaban J connectivity index is 2.29. The van der Waals surface area contributed by atoms with Gasteiger partial charge in [0.15, 0.2) is 0 Å². The summed E-state index contributed by atoms with van der Waals surface area (Å²) in [6.07, 6.45) is 1.13. The van der Waals surface area contributed by atoms with Crippen LogP contribution in [-0.2, 0) is 20.7 Å². The molecule has 0 fully saturated rings. The number of nitro benzene ring substituents is 1. The highest BCUT2D eigenvalue weighted by molar-refractivity contribution is 7.85. The Hall–Kier alpha value is -1.51. The maximum Gasteiger partial charge on any atom is 0.273 e. The van der Waals surface area contributed by atoms with E-state index in [4.69, 9.17) is 0 Å². The van der Waals surface area contributed by atoms with Gasteiger partial charge in [0, 0.05) is 22.8 Å². The first-order valence-electron chi connectivity index (χ1n) is 5.36. The molecule has 6 nitrogen and oxygen atoms in total. The number of hydrogen-bond acceptors (Lipinski definition) is 6. The summed E-state index contributed by atoms with van der Waals surface area (Å²) in [5.74, 6) is 0. The van der Waals surface area contributed by atoms with Crippen molar-refractivity contribution in [1.82, 2.24) is 0 Å². The zero-order valence-corrected chi connectivity index (χ0v) is 11.7. The molecule has 0 bridgehead atoms. The molecule has 0 unspecified atom stereocenters. The van der Waals surface area contributed by atoms with E-state index in [1.54, 1.807) is 6.07 Å². The van der Waals surface area contributed by atoms with Crippen molar-refractivity contribution in [3.63, 3.8) is 0 Å².